The van der Waals surface area contributed by atoms with Crippen molar-refractivity contribution in [2.45, 2.75) is 56.9 Å². The summed E-state index contributed by atoms with van der Waals surface area (Å²) in [7, 11) is -3.16. The first-order chi connectivity index (χ1) is 13.6. The van der Waals surface area contributed by atoms with Crippen molar-refractivity contribution in [2.24, 2.45) is 5.92 Å². The monoisotopic (exact) mass is 399 g/mol. The number of hydrogen-bond donors (Lipinski definition) is 2. The summed E-state index contributed by atoms with van der Waals surface area (Å²) in [5.41, 5.74) is 2.91. The van der Waals surface area contributed by atoms with Crippen LogP contribution in [0.5, 0.6) is 0 Å². The van der Waals surface area contributed by atoms with E-state index in [4.69, 9.17) is 0 Å². The number of rotatable bonds is 5. The van der Waals surface area contributed by atoms with E-state index < -0.39 is 10.0 Å². The lowest BCUT2D eigenvalue weighted by Gasteiger charge is -2.31. The number of fused-ring (bicyclic) bond motifs is 3. The smallest absolute Gasteiger partial charge is 0.212 e. The van der Waals surface area contributed by atoms with Gasteiger partial charge in [0.2, 0.25) is 10.0 Å². The van der Waals surface area contributed by atoms with E-state index in [-0.39, 0.29) is 17.7 Å². The number of sulfonamides is 1. The van der Waals surface area contributed by atoms with E-state index in [0.29, 0.717) is 5.92 Å². The zero-order chi connectivity index (χ0) is 19.1. The van der Waals surface area contributed by atoms with Crippen LogP contribution in [0.3, 0.4) is 0 Å². The molecule has 2 aliphatic carbocycles. The Kier molecular flexibility index (Phi) is 4.55. The van der Waals surface area contributed by atoms with Crippen molar-refractivity contribution in [1.29, 1.82) is 0 Å². The average molecular weight is 400 g/mol. The highest BCUT2D eigenvalue weighted by molar-refractivity contribution is 7.89. The molecule has 0 aromatic carbocycles. The molecule has 8 heteroatoms. The average Bonchev–Trinajstić information content (AvgIpc) is 3.14. The van der Waals surface area contributed by atoms with E-state index in [1.807, 2.05) is 12.3 Å². The minimum Gasteiger partial charge on any atom is -0.276 e. The molecule has 0 unspecified atom stereocenters. The van der Waals surface area contributed by atoms with Gasteiger partial charge in [-0.1, -0.05) is 6.42 Å². The first-order valence-corrected chi connectivity index (χ1v) is 11.8. The van der Waals surface area contributed by atoms with E-state index in [2.05, 4.69) is 24.9 Å². The molecule has 7 nitrogen and oxygen atoms in total. The molecular weight excluding hydrogens is 374 g/mol. The van der Waals surface area contributed by atoms with Gasteiger partial charge >= 0.3 is 0 Å². The first kappa shape index (κ1) is 18.0. The first-order valence-electron chi connectivity index (χ1n) is 10.2. The van der Waals surface area contributed by atoms with Crippen molar-refractivity contribution in [3.63, 3.8) is 0 Å². The van der Waals surface area contributed by atoms with Gasteiger partial charge in [-0.2, -0.15) is 5.10 Å². The highest BCUT2D eigenvalue weighted by atomic mass is 32.2. The van der Waals surface area contributed by atoms with Crippen molar-refractivity contribution in [3.8, 4) is 0 Å². The van der Waals surface area contributed by atoms with Gasteiger partial charge in [-0.3, -0.25) is 5.10 Å². The van der Waals surface area contributed by atoms with Crippen LogP contribution in [0.1, 0.15) is 56.4 Å². The standard InChI is InChI=1S/C20H25N5O2S/c26-28(27,25-15-2-1-3-15)12-13-4-6-14(7-5-13)17-10-23-24-18-11-22-20-16(19(17)18)8-9-21-20/h8-11,13-15,24-25H,1-7,12H2. The van der Waals surface area contributed by atoms with Crippen LogP contribution in [-0.4, -0.2) is 40.4 Å². The van der Waals surface area contributed by atoms with Crippen LogP contribution in [0, 0.1) is 5.92 Å². The summed E-state index contributed by atoms with van der Waals surface area (Å²) in [4.78, 5) is 8.71. The third-order valence-electron chi connectivity index (χ3n) is 6.40. The Morgan fingerprint density at radius 1 is 1.07 bits per heavy atom. The molecule has 3 aromatic heterocycles. The molecule has 148 valence electrons. The molecule has 0 amide bonds. The summed E-state index contributed by atoms with van der Waals surface area (Å²) in [5.74, 6) is 0.896. The summed E-state index contributed by atoms with van der Waals surface area (Å²) in [5, 5.41) is 9.58. The van der Waals surface area contributed by atoms with E-state index in [1.165, 1.54) is 5.56 Å². The maximum atomic E-state index is 12.4. The number of aromatic amines is 1. The largest absolute Gasteiger partial charge is 0.276 e. The maximum absolute atomic E-state index is 12.4. The molecule has 5 rings (SSSR count). The molecule has 0 spiro atoms. The Hall–Kier alpha value is -2.06. The van der Waals surface area contributed by atoms with E-state index in [1.54, 1.807) is 12.4 Å². The van der Waals surface area contributed by atoms with Crippen molar-refractivity contribution in [2.75, 3.05) is 5.75 Å². The minimum absolute atomic E-state index is 0.175. The van der Waals surface area contributed by atoms with Gasteiger partial charge in [-0.25, -0.2) is 23.1 Å². The van der Waals surface area contributed by atoms with Crippen molar-refractivity contribution in [3.05, 3.63) is 30.2 Å². The summed E-state index contributed by atoms with van der Waals surface area (Å²) in [6.07, 6.45) is 12.5. The SMILES string of the molecule is O=S(=O)(CC1CCC(c2cn[nH]c3cnc4nccc4c23)CC1)NC1CCC1. The zero-order valence-electron chi connectivity index (χ0n) is 15.8. The van der Waals surface area contributed by atoms with Gasteiger partial charge in [-0.15, -0.1) is 0 Å². The van der Waals surface area contributed by atoms with Crippen molar-refractivity contribution < 1.29 is 8.42 Å². The second kappa shape index (κ2) is 7.08. The third kappa shape index (κ3) is 3.39. The molecule has 2 aliphatic rings. The number of pyridine rings is 1. The molecule has 2 fully saturated rings. The summed E-state index contributed by atoms with van der Waals surface area (Å²) < 4.78 is 27.7. The highest BCUT2D eigenvalue weighted by Crippen LogP contribution is 2.39. The van der Waals surface area contributed by atoms with Crippen LogP contribution in [0.2, 0.25) is 0 Å². The van der Waals surface area contributed by atoms with Crippen LogP contribution < -0.4 is 4.72 Å². The predicted molar refractivity (Wildman–Crippen MR) is 108 cm³/mol. The molecule has 3 heterocycles. The predicted octanol–water partition coefficient (Wildman–Crippen LogP) is 3.25. The van der Waals surface area contributed by atoms with Crippen LogP contribution in [0.4, 0.5) is 0 Å². The molecule has 2 N–H and O–H groups in total. The number of nitrogens with zero attached hydrogens (tertiary/aromatic N) is 3. The fourth-order valence-corrected chi connectivity index (χ4v) is 6.47. The molecule has 3 aromatic rings. The normalized spacial score (nSPS) is 23.9. The maximum Gasteiger partial charge on any atom is 0.212 e. The van der Waals surface area contributed by atoms with Gasteiger partial charge in [0.05, 0.1) is 23.7 Å². The van der Waals surface area contributed by atoms with Gasteiger partial charge in [0.15, 0.2) is 5.65 Å². The molecule has 0 saturated heterocycles. The zero-order valence-corrected chi connectivity index (χ0v) is 16.6. The van der Waals surface area contributed by atoms with Crippen LogP contribution >= 0.6 is 0 Å². The number of H-pyrrole nitrogens is 1. The lowest BCUT2D eigenvalue weighted by atomic mass is 9.79. The molecule has 2 saturated carbocycles. The molecule has 0 bridgehead atoms. The second-order valence-electron chi connectivity index (χ2n) is 8.30. The Labute approximate surface area is 164 Å². The van der Waals surface area contributed by atoms with Crippen LogP contribution in [0.25, 0.3) is 21.9 Å². The molecule has 0 radical (unpaired) electrons. The van der Waals surface area contributed by atoms with Gasteiger partial charge < -0.3 is 0 Å². The quantitative estimate of drug-likeness (QED) is 0.686. The number of nitrogens with one attached hydrogen (secondary N) is 2. The number of hydrogen-bond acceptors (Lipinski definition) is 5. The van der Waals surface area contributed by atoms with Gasteiger partial charge in [-0.05, 0) is 62.0 Å². The van der Waals surface area contributed by atoms with Crippen molar-refractivity contribution >= 4 is 32.0 Å². The fraction of sp³-hybridized carbons (Fsp3) is 0.550. The highest BCUT2D eigenvalue weighted by Gasteiger charge is 2.30. The Morgan fingerprint density at radius 3 is 2.64 bits per heavy atom. The Bertz CT molecular complexity index is 1100. The van der Waals surface area contributed by atoms with Crippen LogP contribution in [-0.2, 0) is 10.0 Å². The summed E-state index contributed by atoms with van der Waals surface area (Å²) in [6, 6.07) is 2.18. The summed E-state index contributed by atoms with van der Waals surface area (Å²) in [6.45, 7) is 0. The fourth-order valence-electron chi connectivity index (χ4n) is 4.68. The summed E-state index contributed by atoms with van der Waals surface area (Å²) >= 11 is 0. The Balaban J connectivity index is 1.32. The molecule has 0 atom stereocenters. The number of aromatic nitrogens is 4. The van der Waals surface area contributed by atoms with E-state index in [0.717, 1.165) is 66.9 Å². The van der Waals surface area contributed by atoms with Gasteiger partial charge in [0.1, 0.15) is 0 Å². The lowest BCUT2D eigenvalue weighted by Crippen LogP contribution is -2.42. The van der Waals surface area contributed by atoms with E-state index >= 15 is 0 Å². The van der Waals surface area contributed by atoms with E-state index in [9.17, 15) is 8.42 Å². The molecule has 0 aliphatic heterocycles. The third-order valence-corrected chi connectivity index (χ3v) is 8.01. The molecule has 28 heavy (non-hydrogen) atoms. The van der Waals surface area contributed by atoms with Gasteiger partial charge in [0, 0.05) is 23.0 Å². The molecular formula is C20H25N5O2S. The van der Waals surface area contributed by atoms with Gasteiger partial charge in [0.25, 0.3) is 0 Å². The Morgan fingerprint density at radius 2 is 1.89 bits per heavy atom. The second-order valence-corrected chi connectivity index (χ2v) is 10.1. The van der Waals surface area contributed by atoms with Crippen LogP contribution in [0.15, 0.2) is 24.7 Å². The topological polar surface area (TPSA) is 101 Å². The minimum atomic E-state index is -3.16. The van der Waals surface area contributed by atoms with Crippen molar-refractivity contribution in [1.82, 2.24) is 24.9 Å². The lowest BCUT2D eigenvalue weighted by molar-refractivity contribution is 0.343.